The van der Waals surface area contributed by atoms with Crippen molar-refractivity contribution in [1.82, 2.24) is 9.88 Å². The molecule has 0 fully saturated rings. The van der Waals surface area contributed by atoms with E-state index in [1.807, 2.05) is 56.3 Å². The van der Waals surface area contributed by atoms with Crippen LogP contribution >= 0.6 is 0 Å². The fraction of sp³-hybridized carbons (Fsp3) is 0.185. The monoisotopic (exact) mass is 444 g/mol. The summed E-state index contributed by atoms with van der Waals surface area (Å²) in [6, 6.07) is 18.7. The number of halogens is 1. The van der Waals surface area contributed by atoms with E-state index >= 15 is 0 Å². The van der Waals surface area contributed by atoms with E-state index in [0.29, 0.717) is 16.9 Å². The number of pyridine rings is 1. The maximum atomic E-state index is 13.4. The van der Waals surface area contributed by atoms with Crippen LogP contribution in [0.3, 0.4) is 0 Å². The number of carbonyl (C=O) groups excluding carboxylic acids is 1. The van der Waals surface area contributed by atoms with E-state index in [0.717, 1.165) is 27.6 Å². The van der Waals surface area contributed by atoms with E-state index in [2.05, 4.69) is 4.98 Å². The van der Waals surface area contributed by atoms with E-state index in [-0.39, 0.29) is 24.6 Å². The summed E-state index contributed by atoms with van der Waals surface area (Å²) in [7, 11) is 1.59. The minimum atomic E-state index is -0.412. The summed E-state index contributed by atoms with van der Waals surface area (Å²) in [5, 5.41) is 0.917. The normalized spacial score (nSPS) is 10.9. The third kappa shape index (κ3) is 4.95. The number of fused-ring (bicyclic) bond motifs is 1. The second kappa shape index (κ2) is 9.28. The van der Waals surface area contributed by atoms with Crippen molar-refractivity contribution in [1.29, 1.82) is 0 Å². The highest BCUT2D eigenvalue weighted by Gasteiger charge is 2.19. The Morgan fingerprint density at radius 3 is 2.33 bits per heavy atom. The summed E-state index contributed by atoms with van der Waals surface area (Å²) < 4.78 is 18.6. The molecule has 4 rings (SSSR count). The van der Waals surface area contributed by atoms with Crippen LogP contribution in [0.25, 0.3) is 10.9 Å². The Labute approximate surface area is 191 Å². The summed E-state index contributed by atoms with van der Waals surface area (Å²) in [6.45, 7) is 4.36. The summed E-state index contributed by atoms with van der Waals surface area (Å²) in [5.74, 6) is 0.0163. The molecule has 0 aliphatic carbocycles. The number of carbonyl (C=O) groups is 1. The van der Waals surface area contributed by atoms with E-state index in [1.54, 1.807) is 12.0 Å². The van der Waals surface area contributed by atoms with Gasteiger partial charge in [0.25, 0.3) is 11.5 Å². The Hall–Kier alpha value is -3.93. The second-order valence-corrected chi connectivity index (χ2v) is 8.19. The first-order chi connectivity index (χ1) is 15.8. The van der Waals surface area contributed by atoms with Gasteiger partial charge in [0.15, 0.2) is 0 Å². The lowest BCUT2D eigenvalue weighted by atomic mass is 10.0. The topological polar surface area (TPSA) is 62.4 Å². The number of hydrogen-bond donors (Lipinski definition) is 1. The minimum Gasteiger partial charge on any atom is -0.497 e. The van der Waals surface area contributed by atoms with Crippen molar-refractivity contribution >= 4 is 16.8 Å². The Morgan fingerprint density at radius 1 is 0.970 bits per heavy atom. The van der Waals surface area contributed by atoms with Crippen molar-refractivity contribution in [2.75, 3.05) is 7.11 Å². The summed E-state index contributed by atoms with van der Waals surface area (Å²) in [6.07, 6.45) is 0. The lowest BCUT2D eigenvalue weighted by Gasteiger charge is -2.23. The first-order valence-corrected chi connectivity index (χ1v) is 10.6. The van der Waals surface area contributed by atoms with Crippen LogP contribution in [0.15, 0.2) is 71.5 Å². The van der Waals surface area contributed by atoms with Gasteiger partial charge in [-0.2, -0.15) is 0 Å². The molecule has 0 aliphatic rings. The fourth-order valence-corrected chi connectivity index (χ4v) is 3.98. The van der Waals surface area contributed by atoms with Crippen molar-refractivity contribution < 1.29 is 13.9 Å². The van der Waals surface area contributed by atoms with Crippen LogP contribution in [0, 0.1) is 19.7 Å². The fourth-order valence-electron chi connectivity index (χ4n) is 3.98. The van der Waals surface area contributed by atoms with Gasteiger partial charge in [-0.1, -0.05) is 23.8 Å². The molecule has 0 saturated heterocycles. The maximum Gasteiger partial charge on any atom is 0.254 e. The average molecular weight is 445 g/mol. The first kappa shape index (κ1) is 22.3. The van der Waals surface area contributed by atoms with Crippen LogP contribution in [0.1, 0.15) is 32.6 Å². The number of aryl methyl sites for hydroxylation is 2. The zero-order valence-electron chi connectivity index (χ0n) is 18.8. The van der Waals surface area contributed by atoms with E-state index in [4.69, 9.17) is 4.74 Å². The van der Waals surface area contributed by atoms with Crippen LogP contribution in [-0.2, 0) is 13.1 Å². The summed E-state index contributed by atoms with van der Waals surface area (Å²) >= 11 is 0. The van der Waals surface area contributed by atoms with E-state index < -0.39 is 5.82 Å². The molecule has 4 aromatic rings. The molecule has 5 nitrogen and oxygen atoms in total. The van der Waals surface area contributed by atoms with Crippen LogP contribution < -0.4 is 10.3 Å². The number of nitrogens with one attached hydrogen (secondary N) is 1. The highest BCUT2D eigenvalue weighted by molar-refractivity contribution is 5.94. The van der Waals surface area contributed by atoms with Crippen LogP contribution in [-0.4, -0.2) is 22.9 Å². The van der Waals surface area contributed by atoms with Gasteiger partial charge in [0, 0.05) is 17.7 Å². The molecule has 0 radical (unpaired) electrons. The Morgan fingerprint density at radius 2 is 1.67 bits per heavy atom. The number of H-pyrrole nitrogens is 1. The Kier molecular flexibility index (Phi) is 6.27. The van der Waals surface area contributed by atoms with Gasteiger partial charge in [-0.25, -0.2) is 4.39 Å². The van der Waals surface area contributed by atoms with Gasteiger partial charge >= 0.3 is 0 Å². The number of amides is 1. The number of methoxy groups -OCH3 is 1. The molecular formula is C27H25FN2O3. The summed E-state index contributed by atoms with van der Waals surface area (Å²) in [5.41, 5.74) is 4.36. The van der Waals surface area contributed by atoms with Gasteiger partial charge in [0.2, 0.25) is 0 Å². The molecule has 1 aromatic heterocycles. The van der Waals surface area contributed by atoms with Crippen LogP contribution in [0.4, 0.5) is 4.39 Å². The van der Waals surface area contributed by atoms with Gasteiger partial charge in [-0.15, -0.1) is 0 Å². The number of rotatable bonds is 6. The molecule has 1 N–H and O–H groups in total. The number of nitrogens with zero attached hydrogens (tertiary/aromatic N) is 1. The van der Waals surface area contributed by atoms with Gasteiger partial charge < -0.3 is 14.6 Å². The lowest BCUT2D eigenvalue weighted by Crippen LogP contribution is -2.32. The Bertz CT molecular complexity index is 1360. The molecule has 168 valence electrons. The first-order valence-electron chi connectivity index (χ1n) is 10.6. The molecule has 0 bridgehead atoms. The average Bonchev–Trinajstić information content (AvgIpc) is 2.80. The number of hydrogen-bond acceptors (Lipinski definition) is 3. The molecule has 0 unspecified atom stereocenters. The predicted octanol–water partition coefficient (Wildman–Crippen LogP) is 5.14. The van der Waals surface area contributed by atoms with Gasteiger partial charge in [0.1, 0.15) is 11.6 Å². The Balaban J connectivity index is 1.72. The standard InChI is InChI=1S/C27H25FN2O3/c1-17-12-18(2)25-21(13-17)14-22(26(31)29-25)16-30(15-19-4-10-24(33-3)11-5-19)27(32)20-6-8-23(28)9-7-20/h4-14H,15-16H2,1-3H3,(H,29,31). The molecular weight excluding hydrogens is 419 g/mol. The molecule has 0 aliphatic heterocycles. The predicted molar refractivity (Wildman–Crippen MR) is 127 cm³/mol. The van der Waals surface area contributed by atoms with Gasteiger partial charge in [0.05, 0.1) is 19.2 Å². The third-order valence-electron chi connectivity index (χ3n) is 5.64. The van der Waals surface area contributed by atoms with Crippen molar-refractivity contribution in [2.24, 2.45) is 0 Å². The molecule has 6 heteroatoms. The highest BCUT2D eigenvalue weighted by Crippen LogP contribution is 2.20. The number of ether oxygens (including phenoxy) is 1. The van der Waals surface area contributed by atoms with E-state index in [9.17, 15) is 14.0 Å². The quantitative estimate of drug-likeness (QED) is 0.448. The largest absolute Gasteiger partial charge is 0.497 e. The van der Waals surface area contributed by atoms with Crippen molar-refractivity contribution in [3.8, 4) is 5.75 Å². The van der Waals surface area contributed by atoms with E-state index in [1.165, 1.54) is 24.3 Å². The zero-order valence-corrected chi connectivity index (χ0v) is 18.8. The minimum absolute atomic E-state index is 0.112. The smallest absolute Gasteiger partial charge is 0.254 e. The van der Waals surface area contributed by atoms with Crippen molar-refractivity contribution in [3.05, 3.63) is 111 Å². The zero-order chi connectivity index (χ0) is 23.5. The van der Waals surface area contributed by atoms with Crippen LogP contribution in [0.5, 0.6) is 5.75 Å². The molecule has 3 aromatic carbocycles. The molecule has 33 heavy (non-hydrogen) atoms. The SMILES string of the molecule is COc1ccc(CN(Cc2cc3cc(C)cc(C)c3[nH]c2=O)C(=O)c2ccc(F)cc2)cc1. The van der Waals surface area contributed by atoms with Gasteiger partial charge in [-0.3, -0.25) is 9.59 Å². The number of benzene rings is 3. The maximum absolute atomic E-state index is 13.4. The highest BCUT2D eigenvalue weighted by atomic mass is 19.1. The van der Waals surface area contributed by atoms with Crippen molar-refractivity contribution in [3.63, 3.8) is 0 Å². The number of aromatic amines is 1. The lowest BCUT2D eigenvalue weighted by molar-refractivity contribution is 0.0729. The molecule has 1 heterocycles. The van der Waals surface area contributed by atoms with Crippen LogP contribution in [0.2, 0.25) is 0 Å². The molecule has 1 amide bonds. The molecule has 0 atom stereocenters. The third-order valence-corrected chi connectivity index (χ3v) is 5.64. The second-order valence-electron chi connectivity index (χ2n) is 8.19. The van der Waals surface area contributed by atoms with Crippen molar-refractivity contribution in [2.45, 2.75) is 26.9 Å². The number of aromatic nitrogens is 1. The molecule has 0 spiro atoms. The van der Waals surface area contributed by atoms with Gasteiger partial charge in [-0.05, 0) is 78.9 Å². The summed E-state index contributed by atoms with van der Waals surface area (Å²) in [4.78, 5) is 30.8. The molecule has 0 saturated carbocycles.